The highest BCUT2D eigenvalue weighted by atomic mass is 32.2. The van der Waals surface area contributed by atoms with E-state index in [2.05, 4.69) is 4.99 Å². The third-order valence-corrected chi connectivity index (χ3v) is 16.3. The lowest BCUT2D eigenvalue weighted by atomic mass is 9.99. The maximum absolute atomic E-state index is 14.7. The number of nitrogens with zero attached hydrogens (tertiary/aromatic N) is 8. The Morgan fingerprint density at radius 2 is 0.946 bits per heavy atom. The maximum Gasteiger partial charge on any atom is 0.281 e. The van der Waals surface area contributed by atoms with Gasteiger partial charge in [-0.3, -0.25) is 14.6 Å². The Morgan fingerprint density at radius 1 is 0.541 bits per heavy atom. The molecule has 74 heavy (non-hydrogen) atoms. The van der Waals surface area contributed by atoms with Crippen molar-refractivity contribution in [2.75, 3.05) is 73.5 Å². The lowest BCUT2D eigenvalue weighted by Gasteiger charge is -2.35. The smallest absolute Gasteiger partial charge is 0.281 e. The van der Waals surface area contributed by atoms with E-state index in [1.807, 2.05) is 0 Å². The highest BCUT2D eigenvalue weighted by Crippen LogP contribution is 2.34. The van der Waals surface area contributed by atoms with Crippen LogP contribution < -0.4 is 9.47 Å². The Bertz CT molecular complexity index is 3440. The molecule has 9 rings (SSSR count). The van der Waals surface area contributed by atoms with Crippen LogP contribution in [0.2, 0.25) is 0 Å². The molecule has 2 aliphatic heterocycles. The van der Waals surface area contributed by atoms with Gasteiger partial charge in [0.15, 0.2) is 0 Å². The Kier molecular flexibility index (Phi) is 15.0. The maximum atomic E-state index is 14.7. The van der Waals surface area contributed by atoms with Gasteiger partial charge in [-0.2, -0.15) is 21.3 Å². The first-order chi connectivity index (χ1) is 35.5. The second-order valence-corrected chi connectivity index (χ2v) is 21.6. The minimum absolute atomic E-state index is 0.0322. The number of carbonyl (C=O) groups excluding carboxylic acids is 2. The molecule has 20 heteroatoms. The molecule has 0 unspecified atom stereocenters. The fraction of sp³-hybridized carbons (Fsp3) is 0.204. The summed E-state index contributed by atoms with van der Waals surface area (Å²) in [6, 6.07) is 38.4. The number of benzene rings is 5. The van der Waals surface area contributed by atoms with Crippen molar-refractivity contribution in [3.8, 4) is 56.6 Å². The number of pyridine rings is 2. The third-order valence-electron chi connectivity index (χ3n) is 12.4. The van der Waals surface area contributed by atoms with Crippen LogP contribution in [0.5, 0.6) is 23.0 Å². The summed E-state index contributed by atoms with van der Waals surface area (Å²) >= 11 is 0. The molecule has 0 spiro atoms. The largest absolute Gasteiger partial charge is 0.457 e. The predicted octanol–water partition coefficient (Wildman–Crippen LogP) is 8.10. The summed E-state index contributed by atoms with van der Waals surface area (Å²) in [7, 11) is -3.11. The van der Waals surface area contributed by atoms with Gasteiger partial charge in [-0.25, -0.2) is 27.2 Å². The molecule has 0 bridgehead atoms. The van der Waals surface area contributed by atoms with Crippen LogP contribution in [-0.4, -0.2) is 141 Å². The number of amides is 2. The zero-order chi connectivity index (χ0) is 52.1. The molecule has 5 aromatic carbocycles. The number of ether oxygens (including phenoxy) is 2. The Morgan fingerprint density at radius 3 is 1.35 bits per heavy atom. The van der Waals surface area contributed by atoms with Gasteiger partial charge in [-0.05, 0) is 150 Å². The molecular weight excluding hydrogens is 991 g/mol. The molecule has 2 aliphatic rings. The molecule has 2 fully saturated rings. The summed E-state index contributed by atoms with van der Waals surface area (Å²) in [6.45, 7) is 0.576. The van der Waals surface area contributed by atoms with Gasteiger partial charge in [0.25, 0.3) is 22.0 Å². The number of hydrogen-bond donors (Lipinski definition) is 0. The topological polar surface area (TPSA) is 175 Å². The van der Waals surface area contributed by atoms with Gasteiger partial charge < -0.3 is 19.3 Å². The molecule has 2 saturated heterocycles. The van der Waals surface area contributed by atoms with Gasteiger partial charge in [0, 0.05) is 90.8 Å². The fourth-order valence-electron chi connectivity index (χ4n) is 8.44. The van der Waals surface area contributed by atoms with Crippen LogP contribution in [-0.2, 0) is 20.2 Å². The molecule has 2 aromatic heterocycles. The predicted molar refractivity (Wildman–Crippen MR) is 276 cm³/mol. The van der Waals surface area contributed by atoms with Crippen LogP contribution in [0.1, 0.15) is 26.5 Å². The average molecular weight is 1040 g/mol. The van der Waals surface area contributed by atoms with Crippen molar-refractivity contribution in [2.45, 2.75) is 4.90 Å². The fourth-order valence-corrected chi connectivity index (χ4v) is 11.0. The monoisotopic (exact) mass is 1040 g/mol. The molecule has 0 saturated carbocycles. The van der Waals surface area contributed by atoms with Crippen molar-refractivity contribution in [3.05, 3.63) is 174 Å². The van der Waals surface area contributed by atoms with Crippen molar-refractivity contribution < 1.29 is 44.7 Å². The highest BCUT2D eigenvalue weighted by Gasteiger charge is 2.33. The molecule has 0 N–H and O–H groups in total. The SMILES string of the molecule is CN=Cc1cccc(S(=O)(=O)N2CCN(C(=O)c3cc(-c4cc(C(=O)N5CCN(S(=O)(=O)N(C)C)CC5)nc(-c5ccc(Oc6ccc(F)cc6)cc5)c4)cc(-c4ccc(Oc5ccc(F)cc5)cc4)n3)CC2)c1. The third kappa shape index (κ3) is 11.5. The van der Waals surface area contributed by atoms with Gasteiger partial charge in [0.1, 0.15) is 46.0 Å². The Hall–Kier alpha value is -7.75. The van der Waals surface area contributed by atoms with E-state index < -0.39 is 43.7 Å². The summed E-state index contributed by atoms with van der Waals surface area (Å²) in [5.74, 6) is 0.0812. The average Bonchev–Trinajstić information content (AvgIpc) is 3.42. The molecule has 380 valence electrons. The summed E-state index contributed by atoms with van der Waals surface area (Å²) in [5.41, 5.74) is 3.75. The van der Waals surface area contributed by atoms with E-state index in [1.54, 1.807) is 114 Å². The van der Waals surface area contributed by atoms with Crippen molar-refractivity contribution in [2.24, 2.45) is 4.99 Å². The van der Waals surface area contributed by atoms with Crippen LogP contribution in [0, 0.1) is 11.6 Å². The van der Waals surface area contributed by atoms with Gasteiger partial charge in [-0.1, -0.05) is 12.1 Å². The van der Waals surface area contributed by atoms with E-state index in [1.165, 1.54) is 77.3 Å². The van der Waals surface area contributed by atoms with E-state index in [0.717, 1.165) is 4.31 Å². The van der Waals surface area contributed by atoms with Gasteiger partial charge in [0.05, 0.1) is 16.3 Å². The van der Waals surface area contributed by atoms with Crippen molar-refractivity contribution in [1.82, 2.24) is 32.7 Å². The van der Waals surface area contributed by atoms with Crippen LogP contribution in [0.25, 0.3) is 33.6 Å². The van der Waals surface area contributed by atoms with Gasteiger partial charge >= 0.3 is 0 Å². The number of aromatic nitrogens is 2. The zero-order valence-corrected chi connectivity index (χ0v) is 42.1. The van der Waals surface area contributed by atoms with E-state index in [4.69, 9.17) is 19.4 Å². The molecule has 4 heterocycles. The standard InChI is InChI=1S/C54H50F2N8O8S2/c1-57-36-37-5-4-6-48(31-37)73(67,68)63-27-23-61(24-28-63)53(65)51-34-40(32-49(58-51)38-7-15-44(16-8-38)71-46-19-11-42(55)12-20-46)41-33-50(39-9-17-45(18-10-39)72-47-21-13-43(56)14-22-47)59-52(35-41)54(66)62-25-29-64(30-26-62)74(69,70)60(2)3/h4-22,31-36H,23-30H2,1-3H3. The molecule has 2 amide bonds. The van der Waals surface area contributed by atoms with E-state index in [0.29, 0.717) is 62.2 Å². The number of halogens is 2. The quantitative estimate of drug-likeness (QED) is 0.0969. The van der Waals surface area contributed by atoms with E-state index >= 15 is 0 Å². The van der Waals surface area contributed by atoms with Crippen LogP contribution in [0.3, 0.4) is 0 Å². The number of rotatable bonds is 14. The molecule has 0 aliphatic carbocycles. The molecule has 0 atom stereocenters. The second-order valence-electron chi connectivity index (χ2n) is 17.6. The van der Waals surface area contributed by atoms with Crippen molar-refractivity contribution in [3.63, 3.8) is 0 Å². The minimum Gasteiger partial charge on any atom is -0.457 e. The lowest BCUT2D eigenvalue weighted by molar-refractivity contribution is 0.0684. The van der Waals surface area contributed by atoms with E-state index in [9.17, 15) is 35.2 Å². The minimum atomic E-state index is -3.90. The van der Waals surface area contributed by atoms with Gasteiger partial charge in [0.2, 0.25) is 10.0 Å². The first-order valence-electron chi connectivity index (χ1n) is 23.4. The molecular formula is C54H50F2N8O8S2. The first kappa shape index (κ1) is 51.2. The van der Waals surface area contributed by atoms with E-state index in [-0.39, 0.29) is 68.6 Å². The molecule has 16 nitrogen and oxygen atoms in total. The van der Waals surface area contributed by atoms with Crippen molar-refractivity contribution >= 4 is 38.3 Å². The summed E-state index contributed by atoms with van der Waals surface area (Å²) < 4.78 is 96.4. The second kappa shape index (κ2) is 21.8. The Labute approximate surface area is 428 Å². The zero-order valence-electron chi connectivity index (χ0n) is 40.5. The van der Waals surface area contributed by atoms with Crippen LogP contribution in [0.15, 0.2) is 155 Å². The van der Waals surface area contributed by atoms with Crippen LogP contribution in [0.4, 0.5) is 8.78 Å². The number of carbonyl (C=O) groups is 2. The van der Waals surface area contributed by atoms with Crippen LogP contribution >= 0.6 is 0 Å². The number of piperazine rings is 2. The summed E-state index contributed by atoms with van der Waals surface area (Å²) in [4.78, 5) is 46.1. The number of sulfonamides is 1. The first-order valence-corrected chi connectivity index (χ1v) is 26.3. The number of aliphatic imine (C=N–C) groups is 1. The lowest BCUT2D eigenvalue weighted by Crippen LogP contribution is -2.53. The van der Waals surface area contributed by atoms with Crippen molar-refractivity contribution in [1.29, 1.82) is 0 Å². The molecule has 0 radical (unpaired) electrons. The summed E-state index contributed by atoms with van der Waals surface area (Å²) in [5, 5.41) is 0. The number of hydrogen-bond acceptors (Lipinski definition) is 11. The highest BCUT2D eigenvalue weighted by molar-refractivity contribution is 7.89. The molecule has 7 aromatic rings. The Balaban J connectivity index is 1.07. The normalized spacial score (nSPS) is 14.9. The summed E-state index contributed by atoms with van der Waals surface area (Å²) in [6.07, 6.45) is 1.57. The van der Waals surface area contributed by atoms with Gasteiger partial charge in [-0.15, -0.1) is 0 Å².